The number of nitrogens with zero attached hydrogens (tertiary/aromatic N) is 1. The van der Waals surface area contributed by atoms with E-state index in [2.05, 4.69) is 28.2 Å². The van der Waals surface area contributed by atoms with Crippen molar-refractivity contribution in [3.05, 3.63) is 35.4 Å². The molecule has 0 aromatic heterocycles. The van der Waals surface area contributed by atoms with E-state index in [-0.39, 0.29) is 0 Å². The highest BCUT2D eigenvalue weighted by Crippen LogP contribution is 2.45. The molecule has 1 heterocycles. The normalized spacial score (nSPS) is 24.8. The summed E-state index contributed by atoms with van der Waals surface area (Å²) in [6.07, 6.45) is 10.6. The topological polar surface area (TPSA) is 21.7 Å². The van der Waals surface area contributed by atoms with E-state index < -0.39 is 0 Å². The third-order valence-corrected chi connectivity index (χ3v) is 6.99. The van der Waals surface area contributed by atoms with Crippen LogP contribution in [-0.4, -0.2) is 23.6 Å². The number of fused-ring (bicyclic) bond motifs is 1. The Hall–Kier alpha value is -0.490. The van der Waals surface area contributed by atoms with Crippen LogP contribution in [0.5, 0.6) is 11.5 Å². The maximum atomic E-state index is 5.62. The molecule has 0 fully saturated rings. The Morgan fingerprint density at radius 1 is 1.35 bits per heavy atom. The second-order valence-electron chi connectivity index (χ2n) is 5.88. The van der Waals surface area contributed by atoms with Gasteiger partial charge in [0.25, 0.3) is 0 Å². The third kappa shape index (κ3) is 3.78. The largest absolute Gasteiger partial charge is 0.493 e. The molecular formula is C17H22ClNO2S2. The first-order chi connectivity index (χ1) is 11.3. The van der Waals surface area contributed by atoms with Gasteiger partial charge in [-0.15, -0.1) is 0 Å². The predicted octanol–water partition coefficient (Wildman–Crippen LogP) is 5.41. The molecule has 0 saturated heterocycles. The van der Waals surface area contributed by atoms with E-state index in [1.807, 2.05) is 18.0 Å². The van der Waals surface area contributed by atoms with E-state index in [0.717, 1.165) is 12.3 Å². The van der Waals surface area contributed by atoms with E-state index in [4.69, 9.17) is 20.9 Å². The van der Waals surface area contributed by atoms with Crippen LogP contribution in [0.2, 0.25) is 0 Å². The van der Waals surface area contributed by atoms with Gasteiger partial charge in [-0.2, -0.15) is 3.71 Å². The van der Waals surface area contributed by atoms with Gasteiger partial charge in [-0.25, -0.2) is 0 Å². The number of ether oxygens (including phenoxy) is 1. The lowest BCUT2D eigenvalue weighted by atomic mass is 9.79. The van der Waals surface area contributed by atoms with Crippen molar-refractivity contribution in [2.45, 2.75) is 30.9 Å². The van der Waals surface area contributed by atoms with Gasteiger partial charge in [0.1, 0.15) is 11.9 Å². The second kappa shape index (κ2) is 8.06. The first kappa shape index (κ1) is 17.3. The summed E-state index contributed by atoms with van der Waals surface area (Å²) >= 11 is 9.28. The number of benzene rings is 1. The van der Waals surface area contributed by atoms with Gasteiger partial charge in [0.2, 0.25) is 0 Å². The molecule has 0 amide bonds. The Balaban J connectivity index is 2.03. The first-order valence-electron chi connectivity index (χ1n) is 7.87. The van der Waals surface area contributed by atoms with E-state index in [1.54, 1.807) is 19.1 Å². The molecule has 1 aromatic carbocycles. The van der Waals surface area contributed by atoms with Crippen LogP contribution < -0.4 is 9.03 Å². The molecule has 0 N–H and O–H groups in total. The van der Waals surface area contributed by atoms with Crippen molar-refractivity contribution >= 4 is 35.8 Å². The number of allylic oxidation sites excluding steroid dienone is 2. The van der Waals surface area contributed by atoms with Crippen LogP contribution >= 0.6 is 35.8 Å². The molecule has 126 valence electrons. The molecule has 0 saturated carbocycles. The van der Waals surface area contributed by atoms with Crippen molar-refractivity contribution in [1.82, 2.24) is 3.71 Å². The molecule has 0 spiro atoms. The summed E-state index contributed by atoms with van der Waals surface area (Å²) in [6, 6.07) is 4.17. The predicted molar refractivity (Wildman–Crippen MR) is 100 cm³/mol. The van der Waals surface area contributed by atoms with Gasteiger partial charge in [-0.1, -0.05) is 36.0 Å². The molecule has 23 heavy (non-hydrogen) atoms. The maximum Gasteiger partial charge on any atom is 0.188 e. The molecule has 0 radical (unpaired) electrons. The molecular weight excluding hydrogens is 350 g/mol. The Labute approximate surface area is 152 Å². The van der Waals surface area contributed by atoms with Crippen LogP contribution in [0.4, 0.5) is 0 Å². The second-order valence-corrected chi connectivity index (χ2v) is 8.06. The fourth-order valence-electron chi connectivity index (χ4n) is 3.43. The van der Waals surface area contributed by atoms with Crippen LogP contribution in [0.25, 0.3) is 0 Å². The van der Waals surface area contributed by atoms with E-state index in [0.29, 0.717) is 23.3 Å². The summed E-state index contributed by atoms with van der Waals surface area (Å²) in [5.41, 5.74) is 2.67. The smallest absolute Gasteiger partial charge is 0.188 e. The third-order valence-electron chi connectivity index (χ3n) is 4.63. The van der Waals surface area contributed by atoms with Gasteiger partial charge in [0.15, 0.2) is 11.5 Å². The van der Waals surface area contributed by atoms with Gasteiger partial charge < -0.3 is 9.03 Å². The van der Waals surface area contributed by atoms with Crippen molar-refractivity contribution < 1.29 is 9.03 Å². The van der Waals surface area contributed by atoms with Crippen molar-refractivity contribution in [3.63, 3.8) is 0 Å². The first-order valence-corrected chi connectivity index (χ1v) is 10.3. The van der Waals surface area contributed by atoms with E-state index >= 15 is 0 Å². The fraction of sp³-hybridized carbons (Fsp3) is 0.529. The number of hydrogen-bond acceptors (Lipinski definition) is 5. The highest BCUT2D eigenvalue weighted by Gasteiger charge is 2.31. The molecule has 0 bridgehead atoms. The van der Waals surface area contributed by atoms with Crippen molar-refractivity contribution in [2.24, 2.45) is 5.92 Å². The minimum atomic E-state index is 0.474. The Morgan fingerprint density at radius 3 is 2.87 bits per heavy atom. The molecule has 2 aliphatic rings. The van der Waals surface area contributed by atoms with Gasteiger partial charge in [-0.05, 0) is 54.7 Å². The summed E-state index contributed by atoms with van der Waals surface area (Å²) in [4.78, 5) is 0. The standard InChI is InChI=1S/C17H22ClNO2S2/c1-20-16-9-14-13(8-17(16)21-18)11-23-19(22-2)10-15(14)12-6-4-3-5-7-12/h4,6,8-9,12,15H,3,5,7,10-11H2,1-2H3. The summed E-state index contributed by atoms with van der Waals surface area (Å²) in [5.74, 6) is 3.31. The Kier molecular flexibility index (Phi) is 6.07. The van der Waals surface area contributed by atoms with E-state index in [1.165, 1.54) is 30.4 Å². The Morgan fingerprint density at radius 2 is 2.22 bits per heavy atom. The zero-order valence-corrected chi connectivity index (χ0v) is 15.8. The van der Waals surface area contributed by atoms with Crippen molar-refractivity contribution in [2.75, 3.05) is 19.9 Å². The molecule has 2 atom stereocenters. The lowest BCUT2D eigenvalue weighted by molar-refractivity contribution is 0.391. The minimum Gasteiger partial charge on any atom is -0.493 e. The highest BCUT2D eigenvalue weighted by molar-refractivity contribution is 8.11. The molecule has 1 aliphatic carbocycles. The SMILES string of the molecule is COc1cc2c(cc1OCl)CSN(SC)CC2C1C=CCCC1. The zero-order chi connectivity index (χ0) is 16.2. The van der Waals surface area contributed by atoms with Crippen molar-refractivity contribution in [3.8, 4) is 11.5 Å². The Bertz CT molecular complexity index is 582. The number of methoxy groups -OCH3 is 1. The van der Waals surface area contributed by atoms with E-state index in [9.17, 15) is 0 Å². The quantitative estimate of drug-likeness (QED) is 0.519. The van der Waals surface area contributed by atoms with Gasteiger partial charge in [-0.3, -0.25) is 0 Å². The zero-order valence-electron chi connectivity index (χ0n) is 13.5. The maximum absolute atomic E-state index is 5.62. The minimum absolute atomic E-state index is 0.474. The van der Waals surface area contributed by atoms with Gasteiger partial charge in [0.05, 0.1) is 7.11 Å². The van der Waals surface area contributed by atoms with Crippen LogP contribution in [0, 0.1) is 5.92 Å². The molecule has 6 heteroatoms. The lowest BCUT2D eigenvalue weighted by Crippen LogP contribution is -2.22. The average molecular weight is 372 g/mol. The van der Waals surface area contributed by atoms with Crippen LogP contribution in [0.15, 0.2) is 24.3 Å². The lowest BCUT2D eigenvalue weighted by Gasteiger charge is -2.29. The summed E-state index contributed by atoms with van der Waals surface area (Å²) in [5, 5.41) is 0. The number of halogens is 1. The average Bonchev–Trinajstić information content (AvgIpc) is 2.80. The monoisotopic (exact) mass is 371 g/mol. The number of rotatable bonds is 4. The van der Waals surface area contributed by atoms with Crippen LogP contribution in [0.1, 0.15) is 36.3 Å². The summed E-state index contributed by atoms with van der Waals surface area (Å²) < 4.78 is 12.9. The summed E-state index contributed by atoms with van der Waals surface area (Å²) in [6.45, 7) is 1.04. The van der Waals surface area contributed by atoms with Crippen LogP contribution in [0.3, 0.4) is 0 Å². The van der Waals surface area contributed by atoms with Gasteiger partial charge in [0, 0.05) is 18.2 Å². The number of hydrogen-bond donors (Lipinski definition) is 0. The van der Waals surface area contributed by atoms with Crippen LogP contribution in [-0.2, 0) is 5.75 Å². The molecule has 1 aromatic rings. The van der Waals surface area contributed by atoms with Gasteiger partial charge >= 0.3 is 0 Å². The molecule has 3 nitrogen and oxygen atoms in total. The van der Waals surface area contributed by atoms with Crippen molar-refractivity contribution in [1.29, 1.82) is 0 Å². The fourth-order valence-corrected chi connectivity index (χ4v) is 5.24. The summed E-state index contributed by atoms with van der Waals surface area (Å²) in [7, 11) is 1.66. The molecule has 1 aliphatic heterocycles. The molecule has 3 rings (SSSR count). The molecule has 2 unspecified atom stereocenters. The highest BCUT2D eigenvalue weighted by atomic mass is 35.5.